The molecule has 0 spiro atoms. The van der Waals surface area contributed by atoms with Gasteiger partial charge in [0.2, 0.25) is 0 Å². The SMILES string of the molecule is OCCC(S)OC(S)CCO. The van der Waals surface area contributed by atoms with Crippen molar-refractivity contribution >= 4 is 25.3 Å². The molecule has 0 aromatic carbocycles. The van der Waals surface area contributed by atoms with E-state index in [0.717, 1.165) is 0 Å². The summed E-state index contributed by atoms with van der Waals surface area (Å²) >= 11 is 8.06. The largest absolute Gasteiger partial charge is 0.396 e. The molecule has 11 heavy (non-hydrogen) atoms. The van der Waals surface area contributed by atoms with Crippen LogP contribution < -0.4 is 0 Å². The normalized spacial score (nSPS) is 16.4. The van der Waals surface area contributed by atoms with Crippen LogP contribution in [-0.2, 0) is 4.74 Å². The monoisotopic (exact) mass is 198 g/mol. The Morgan fingerprint density at radius 3 is 1.64 bits per heavy atom. The topological polar surface area (TPSA) is 49.7 Å². The first kappa shape index (κ1) is 11.6. The lowest BCUT2D eigenvalue weighted by atomic mass is 10.4. The van der Waals surface area contributed by atoms with E-state index in [4.69, 9.17) is 14.9 Å². The van der Waals surface area contributed by atoms with E-state index >= 15 is 0 Å². The molecule has 0 aromatic rings. The summed E-state index contributed by atoms with van der Waals surface area (Å²) < 4.78 is 5.14. The summed E-state index contributed by atoms with van der Waals surface area (Å²) in [5.74, 6) is 0. The van der Waals surface area contributed by atoms with Crippen LogP contribution in [0.25, 0.3) is 0 Å². The number of rotatable bonds is 6. The number of aliphatic hydroxyl groups is 2. The minimum absolute atomic E-state index is 0.0494. The molecule has 0 fully saturated rings. The second kappa shape index (κ2) is 7.24. The highest BCUT2D eigenvalue weighted by Gasteiger charge is 2.08. The van der Waals surface area contributed by atoms with Gasteiger partial charge in [0.1, 0.15) is 10.9 Å². The Morgan fingerprint density at radius 2 is 1.36 bits per heavy atom. The molecule has 0 amide bonds. The first-order chi connectivity index (χ1) is 5.20. The zero-order valence-electron chi connectivity index (χ0n) is 6.18. The number of ether oxygens (including phenoxy) is 1. The summed E-state index contributed by atoms with van der Waals surface area (Å²) in [7, 11) is 0. The molecule has 0 aliphatic rings. The van der Waals surface area contributed by atoms with Crippen molar-refractivity contribution in [3.05, 3.63) is 0 Å². The second-order valence-electron chi connectivity index (χ2n) is 2.07. The van der Waals surface area contributed by atoms with E-state index in [1.165, 1.54) is 0 Å². The summed E-state index contributed by atoms with van der Waals surface area (Å²) in [4.78, 5) is 0. The van der Waals surface area contributed by atoms with Crippen LogP contribution in [0.15, 0.2) is 0 Å². The summed E-state index contributed by atoms with van der Waals surface area (Å²) in [5, 5.41) is 17.0. The molecule has 68 valence electrons. The molecular formula is C6H14O3S2. The van der Waals surface area contributed by atoms with Gasteiger partial charge in [0.05, 0.1) is 0 Å². The number of thiol groups is 2. The van der Waals surface area contributed by atoms with Crippen molar-refractivity contribution in [2.24, 2.45) is 0 Å². The van der Waals surface area contributed by atoms with Crippen molar-refractivity contribution in [1.82, 2.24) is 0 Å². The van der Waals surface area contributed by atoms with Crippen molar-refractivity contribution in [3.63, 3.8) is 0 Å². The van der Waals surface area contributed by atoms with E-state index in [9.17, 15) is 0 Å². The fourth-order valence-electron chi connectivity index (χ4n) is 0.538. The molecule has 0 aliphatic heterocycles. The van der Waals surface area contributed by atoms with Gasteiger partial charge < -0.3 is 14.9 Å². The number of hydrogen-bond acceptors (Lipinski definition) is 5. The first-order valence-corrected chi connectivity index (χ1v) is 4.47. The third-order valence-electron chi connectivity index (χ3n) is 1.07. The molecule has 0 saturated heterocycles. The van der Waals surface area contributed by atoms with E-state index in [1.807, 2.05) is 0 Å². The molecule has 0 rings (SSSR count). The third-order valence-corrected chi connectivity index (χ3v) is 1.83. The lowest BCUT2D eigenvalue weighted by Crippen LogP contribution is -2.15. The molecule has 0 aliphatic carbocycles. The Labute approximate surface area is 77.6 Å². The molecule has 0 saturated carbocycles. The summed E-state index contributed by atoms with van der Waals surface area (Å²) in [5.41, 5.74) is -0.594. The van der Waals surface area contributed by atoms with Crippen molar-refractivity contribution in [3.8, 4) is 0 Å². The molecule has 2 unspecified atom stereocenters. The van der Waals surface area contributed by atoms with Gasteiger partial charge in [-0.1, -0.05) is 0 Å². The quantitative estimate of drug-likeness (QED) is 0.366. The molecule has 0 heterocycles. The van der Waals surface area contributed by atoms with Crippen molar-refractivity contribution in [2.45, 2.75) is 23.7 Å². The Morgan fingerprint density at radius 1 is 1.00 bits per heavy atom. The Balaban J connectivity index is 3.32. The fraction of sp³-hybridized carbons (Fsp3) is 1.00. The maximum Gasteiger partial charge on any atom is 0.104 e. The maximum absolute atomic E-state index is 8.48. The molecule has 0 radical (unpaired) electrons. The van der Waals surface area contributed by atoms with Gasteiger partial charge in [-0.05, 0) is 0 Å². The highest BCUT2D eigenvalue weighted by molar-refractivity contribution is 7.81. The van der Waals surface area contributed by atoms with Crippen LogP contribution in [0.5, 0.6) is 0 Å². The highest BCUT2D eigenvalue weighted by Crippen LogP contribution is 2.11. The molecule has 2 atom stereocenters. The van der Waals surface area contributed by atoms with E-state index in [0.29, 0.717) is 12.8 Å². The summed E-state index contributed by atoms with van der Waals surface area (Å²) in [6.07, 6.45) is 0.956. The average molecular weight is 198 g/mol. The van der Waals surface area contributed by atoms with Crippen molar-refractivity contribution in [1.29, 1.82) is 0 Å². The van der Waals surface area contributed by atoms with Crippen LogP contribution in [0, 0.1) is 0 Å². The minimum Gasteiger partial charge on any atom is -0.396 e. The highest BCUT2D eigenvalue weighted by atomic mass is 32.1. The maximum atomic E-state index is 8.48. The Bertz CT molecular complexity index is 81.9. The Kier molecular flexibility index (Phi) is 7.62. The van der Waals surface area contributed by atoms with Crippen LogP contribution in [0.2, 0.25) is 0 Å². The second-order valence-corrected chi connectivity index (χ2v) is 3.22. The van der Waals surface area contributed by atoms with Gasteiger partial charge in [0.25, 0.3) is 0 Å². The van der Waals surface area contributed by atoms with Gasteiger partial charge in [-0.3, -0.25) is 0 Å². The number of aliphatic hydroxyl groups excluding tert-OH is 2. The smallest absolute Gasteiger partial charge is 0.104 e. The predicted octanol–water partition coefficient (Wildman–Crippen LogP) is 0.280. The molecule has 5 heteroatoms. The average Bonchev–Trinajstić information content (AvgIpc) is 1.87. The molecule has 2 N–H and O–H groups in total. The summed E-state index contributed by atoms with van der Waals surface area (Å²) in [6, 6.07) is 0. The Hall–Kier alpha value is 0.580. The van der Waals surface area contributed by atoms with E-state index in [1.54, 1.807) is 0 Å². The number of hydrogen-bond donors (Lipinski definition) is 4. The molecule has 0 aromatic heterocycles. The molecule has 3 nitrogen and oxygen atoms in total. The van der Waals surface area contributed by atoms with Gasteiger partial charge in [-0.25, -0.2) is 0 Å². The first-order valence-electron chi connectivity index (χ1n) is 3.44. The fourth-order valence-corrected chi connectivity index (χ4v) is 1.16. The standard InChI is InChI=1S/C6H14O3S2/c7-3-1-5(10)9-6(11)2-4-8/h5-8,10-11H,1-4H2. The van der Waals surface area contributed by atoms with E-state index in [2.05, 4.69) is 25.3 Å². The van der Waals surface area contributed by atoms with Crippen LogP contribution >= 0.6 is 25.3 Å². The predicted molar refractivity (Wildman–Crippen MR) is 50.0 cm³/mol. The van der Waals surface area contributed by atoms with Gasteiger partial charge in [0.15, 0.2) is 0 Å². The third kappa shape index (κ3) is 6.96. The lowest BCUT2D eigenvalue weighted by molar-refractivity contribution is 0.0626. The van der Waals surface area contributed by atoms with Crippen LogP contribution in [0.3, 0.4) is 0 Å². The summed E-state index contributed by atoms with van der Waals surface area (Å²) in [6.45, 7) is 0.0988. The van der Waals surface area contributed by atoms with Crippen molar-refractivity contribution < 1.29 is 14.9 Å². The lowest BCUT2D eigenvalue weighted by Gasteiger charge is -2.15. The van der Waals surface area contributed by atoms with E-state index in [-0.39, 0.29) is 24.1 Å². The van der Waals surface area contributed by atoms with Crippen LogP contribution in [0.4, 0.5) is 0 Å². The minimum atomic E-state index is -0.297. The van der Waals surface area contributed by atoms with Gasteiger partial charge in [0, 0.05) is 26.1 Å². The molecule has 0 bridgehead atoms. The van der Waals surface area contributed by atoms with Gasteiger partial charge in [-0.2, -0.15) is 0 Å². The molecular weight excluding hydrogens is 184 g/mol. The van der Waals surface area contributed by atoms with Gasteiger partial charge in [-0.15, -0.1) is 25.3 Å². The van der Waals surface area contributed by atoms with Crippen molar-refractivity contribution in [2.75, 3.05) is 13.2 Å². The zero-order valence-corrected chi connectivity index (χ0v) is 7.97. The van der Waals surface area contributed by atoms with Crippen LogP contribution in [0.1, 0.15) is 12.8 Å². The van der Waals surface area contributed by atoms with E-state index < -0.39 is 0 Å². The van der Waals surface area contributed by atoms with Crippen LogP contribution in [-0.4, -0.2) is 34.3 Å². The van der Waals surface area contributed by atoms with Gasteiger partial charge >= 0.3 is 0 Å². The zero-order chi connectivity index (χ0) is 8.69.